The van der Waals surface area contributed by atoms with Crippen LogP contribution in [0.5, 0.6) is 5.75 Å². The zero-order valence-electron chi connectivity index (χ0n) is 17.1. The van der Waals surface area contributed by atoms with Crippen LogP contribution in [0.4, 0.5) is 5.13 Å². The standard InChI is InChI=1S/C22H23Cl2N3O3S/c1-15-2-4-18-20(12-15)31-22(25-18)27(7-6-26-8-10-29-11-9-26)21(28)14-30-19-5-3-16(23)13-17(19)24/h2-5,12-13H,6-11,14H2,1H3. The lowest BCUT2D eigenvalue weighted by Gasteiger charge is -2.29. The van der Waals surface area contributed by atoms with Crippen LogP contribution in [-0.2, 0) is 9.53 Å². The summed E-state index contributed by atoms with van der Waals surface area (Å²) in [6.45, 7) is 6.32. The summed E-state index contributed by atoms with van der Waals surface area (Å²) in [4.78, 5) is 21.9. The highest BCUT2D eigenvalue weighted by molar-refractivity contribution is 7.22. The van der Waals surface area contributed by atoms with Crippen LogP contribution < -0.4 is 9.64 Å². The predicted octanol–water partition coefficient (Wildman–Crippen LogP) is 4.66. The van der Waals surface area contributed by atoms with Gasteiger partial charge in [0.1, 0.15) is 5.75 Å². The van der Waals surface area contributed by atoms with Crippen molar-refractivity contribution in [1.29, 1.82) is 0 Å². The molecule has 0 aliphatic carbocycles. The lowest BCUT2D eigenvalue weighted by atomic mass is 10.2. The summed E-state index contributed by atoms with van der Waals surface area (Å²) in [6, 6.07) is 11.0. The number of rotatable bonds is 7. The van der Waals surface area contributed by atoms with Gasteiger partial charge in [0.25, 0.3) is 5.91 Å². The summed E-state index contributed by atoms with van der Waals surface area (Å²) in [7, 11) is 0. The number of fused-ring (bicyclic) bond motifs is 1. The van der Waals surface area contributed by atoms with Gasteiger partial charge in [0.05, 0.1) is 28.5 Å². The molecule has 1 amide bonds. The Morgan fingerprint density at radius 1 is 1.23 bits per heavy atom. The van der Waals surface area contributed by atoms with E-state index in [-0.39, 0.29) is 12.5 Å². The topological polar surface area (TPSA) is 54.9 Å². The SMILES string of the molecule is Cc1ccc2nc(N(CCN3CCOCC3)C(=O)COc3ccc(Cl)cc3Cl)sc2c1. The molecule has 0 saturated carbocycles. The monoisotopic (exact) mass is 479 g/mol. The first-order chi connectivity index (χ1) is 15.0. The number of thiazole rings is 1. The van der Waals surface area contributed by atoms with Gasteiger partial charge in [0, 0.05) is 31.2 Å². The zero-order chi connectivity index (χ0) is 21.8. The molecular formula is C22H23Cl2N3O3S. The van der Waals surface area contributed by atoms with E-state index in [4.69, 9.17) is 37.7 Å². The molecule has 1 aliphatic rings. The number of hydrogen-bond donors (Lipinski definition) is 0. The van der Waals surface area contributed by atoms with Crippen molar-refractivity contribution in [3.63, 3.8) is 0 Å². The molecule has 0 spiro atoms. The van der Waals surface area contributed by atoms with E-state index in [1.165, 1.54) is 11.3 Å². The highest BCUT2D eigenvalue weighted by atomic mass is 35.5. The molecule has 0 unspecified atom stereocenters. The van der Waals surface area contributed by atoms with Crippen molar-refractivity contribution in [2.45, 2.75) is 6.92 Å². The molecular weight excluding hydrogens is 457 g/mol. The van der Waals surface area contributed by atoms with Crippen LogP contribution in [0.25, 0.3) is 10.2 Å². The number of nitrogens with zero attached hydrogens (tertiary/aromatic N) is 3. The van der Waals surface area contributed by atoms with E-state index >= 15 is 0 Å². The number of carbonyl (C=O) groups is 1. The number of hydrogen-bond acceptors (Lipinski definition) is 6. The van der Waals surface area contributed by atoms with Crippen LogP contribution in [0.2, 0.25) is 10.0 Å². The second-order valence-corrected chi connectivity index (χ2v) is 9.18. The summed E-state index contributed by atoms with van der Waals surface area (Å²) in [5.41, 5.74) is 2.05. The van der Waals surface area contributed by atoms with Gasteiger partial charge in [-0.2, -0.15) is 0 Å². The van der Waals surface area contributed by atoms with Gasteiger partial charge in [-0.3, -0.25) is 14.6 Å². The molecule has 4 rings (SSSR count). The molecule has 0 radical (unpaired) electrons. The number of benzene rings is 2. The average molecular weight is 480 g/mol. The van der Waals surface area contributed by atoms with Crippen molar-refractivity contribution in [3.05, 3.63) is 52.0 Å². The third-order valence-corrected chi connectivity index (χ3v) is 6.62. The van der Waals surface area contributed by atoms with Gasteiger partial charge in [-0.05, 0) is 42.8 Å². The number of carbonyl (C=O) groups excluding carboxylic acids is 1. The number of morpholine rings is 1. The fourth-order valence-electron chi connectivity index (χ4n) is 3.34. The van der Waals surface area contributed by atoms with E-state index in [9.17, 15) is 4.79 Å². The molecule has 6 nitrogen and oxygen atoms in total. The first kappa shape index (κ1) is 22.3. The molecule has 3 aromatic rings. The Labute approximate surface area is 195 Å². The Balaban J connectivity index is 1.51. The van der Waals surface area contributed by atoms with E-state index in [1.54, 1.807) is 23.1 Å². The third-order valence-electron chi connectivity index (χ3n) is 5.05. The first-order valence-electron chi connectivity index (χ1n) is 10.0. The smallest absolute Gasteiger partial charge is 0.266 e. The van der Waals surface area contributed by atoms with Crippen molar-refractivity contribution in [1.82, 2.24) is 9.88 Å². The number of anilines is 1. The Hall–Kier alpha value is -1.90. The van der Waals surface area contributed by atoms with Crippen LogP contribution in [0.3, 0.4) is 0 Å². The second kappa shape index (κ2) is 10.1. The molecule has 9 heteroatoms. The Kier molecular flexibility index (Phi) is 7.30. The second-order valence-electron chi connectivity index (χ2n) is 7.33. The Morgan fingerprint density at radius 3 is 2.81 bits per heavy atom. The Morgan fingerprint density at radius 2 is 2.03 bits per heavy atom. The predicted molar refractivity (Wildman–Crippen MR) is 126 cm³/mol. The fraction of sp³-hybridized carbons (Fsp3) is 0.364. The molecule has 164 valence electrons. The quantitative estimate of drug-likeness (QED) is 0.493. The summed E-state index contributed by atoms with van der Waals surface area (Å²) < 4.78 is 12.2. The molecule has 2 heterocycles. The van der Waals surface area contributed by atoms with E-state index in [2.05, 4.69) is 11.0 Å². The number of amides is 1. The van der Waals surface area contributed by atoms with Gasteiger partial charge in [-0.25, -0.2) is 4.98 Å². The van der Waals surface area contributed by atoms with Crippen molar-refractivity contribution >= 4 is 55.8 Å². The van der Waals surface area contributed by atoms with Crippen molar-refractivity contribution in [2.75, 3.05) is 50.9 Å². The summed E-state index contributed by atoms with van der Waals surface area (Å²) in [6.07, 6.45) is 0. The van der Waals surface area contributed by atoms with E-state index in [0.717, 1.165) is 35.4 Å². The molecule has 1 saturated heterocycles. The molecule has 31 heavy (non-hydrogen) atoms. The minimum absolute atomic E-state index is 0.139. The fourth-order valence-corrected chi connectivity index (χ4v) is 4.91. The largest absolute Gasteiger partial charge is 0.482 e. The van der Waals surface area contributed by atoms with E-state index in [0.29, 0.717) is 40.7 Å². The first-order valence-corrected chi connectivity index (χ1v) is 11.6. The maximum atomic E-state index is 13.2. The van der Waals surface area contributed by atoms with Gasteiger partial charge in [0.15, 0.2) is 11.7 Å². The van der Waals surface area contributed by atoms with Crippen LogP contribution in [0.15, 0.2) is 36.4 Å². The molecule has 1 aliphatic heterocycles. The molecule has 1 aromatic heterocycles. The third kappa shape index (κ3) is 5.67. The van der Waals surface area contributed by atoms with E-state index in [1.807, 2.05) is 19.1 Å². The van der Waals surface area contributed by atoms with Crippen molar-refractivity contribution < 1.29 is 14.3 Å². The highest BCUT2D eigenvalue weighted by Gasteiger charge is 2.22. The van der Waals surface area contributed by atoms with Crippen LogP contribution in [0.1, 0.15) is 5.56 Å². The average Bonchev–Trinajstić information content (AvgIpc) is 3.16. The van der Waals surface area contributed by atoms with Gasteiger partial charge < -0.3 is 9.47 Å². The molecule has 0 N–H and O–H groups in total. The van der Waals surface area contributed by atoms with E-state index < -0.39 is 0 Å². The molecule has 0 bridgehead atoms. The number of aryl methyl sites for hydroxylation is 1. The van der Waals surface area contributed by atoms with Gasteiger partial charge in [0.2, 0.25) is 0 Å². The number of aromatic nitrogens is 1. The van der Waals surface area contributed by atoms with Gasteiger partial charge >= 0.3 is 0 Å². The van der Waals surface area contributed by atoms with Crippen molar-refractivity contribution in [3.8, 4) is 5.75 Å². The normalized spacial score (nSPS) is 14.7. The maximum absolute atomic E-state index is 13.2. The highest BCUT2D eigenvalue weighted by Crippen LogP contribution is 2.31. The van der Waals surface area contributed by atoms with Crippen LogP contribution in [0, 0.1) is 6.92 Å². The minimum Gasteiger partial charge on any atom is -0.482 e. The molecule has 2 aromatic carbocycles. The molecule has 1 fully saturated rings. The summed E-state index contributed by atoms with van der Waals surface area (Å²) >= 11 is 13.6. The number of ether oxygens (including phenoxy) is 2. The summed E-state index contributed by atoms with van der Waals surface area (Å²) in [5.74, 6) is 0.252. The van der Waals surface area contributed by atoms with Gasteiger partial charge in [-0.1, -0.05) is 40.6 Å². The lowest BCUT2D eigenvalue weighted by molar-refractivity contribution is -0.120. The van der Waals surface area contributed by atoms with Crippen molar-refractivity contribution in [2.24, 2.45) is 0 Å². The van der Waals surface area contributed by atoms with Gasteiger partial charge in [-0.15, -0.1) is 0 Å². The zero-order valence-corrected chi connectivity index (χ0v) is 19.5. The van der Waals surface area contributed by atoms with Crippen LogP contribution >= 0.6 is 34.5 Å². The van der Waals surface area contributed by atoms with Crippen LogP contribution in [-0.4, -0.2) is 61.8 Å². The summed E-state index contributed by atoms with van der Waals surface area (Å²) in [5, 5.41) is 1.56. The molecule has 0 atom stereocenters. The lowest BCUT2D eigenvalue weighted by Crippen LogP contribution is -2.44. The number of halogens is 2. The minimum atomic E-state index is -0.171. The maximum Gasteiger partial charge on any atom is 0.266 e. The Bertz CT molecular complexity index is 1070.